The van der Waals surface area contributed by atoms with E-state index in [2.05, 4.69) is 4.98 Å². The van der Waals surface area contributed by atoms with Gasteiger partial charge in [-0.25, -0.2) is 0 Å². The summed E-state index contributed by atoms with van der Waals surface area (Å²) in [5.74, 6) is 1.12. The molecule has 0 fully saturated rings. The third kappa shape index (κ3) is 4.58. The van der Waals surface area contributed by atoms with E-state index in [1.807, 2.05) is 20.8 Å². The first-order valence-corrected chi connectivity index (χ1v) is 9.33. The lowest BCUT2D eigenvalue weighted by Crippen LogP contribution is -2.19. The third-order valence-corrected chi connectivity index (χ3v) is 4.59. The summed E-state index contributed by atoms with van der Waals surface area (Å²) in [5.41, 5.74) is 1.54. The van der Waals surface area contributed by atoms with E-state index in [0.717, 1.165) is 0 Å². The van der Waals surface area contributed by atoms with Gasteiger partial charge in [-0.3, -0.25) is 9.78 Å². The number of carbonyl (C=O) groups excluding carboxylic acids is 1. The highest BCUT2D eigenvalue weighted by Crippen LogP contribution is 2.33. The van der Waals surface area contributed by atoms with Gasteiger partial charge in [0.25, 0.3) is 0 Å². The van der Waals surface area contributed by atoms with Crippen LogP contribution < -0.4 is 4.74 Å². The van der Waals surface area contributed by atoms with Crippen molar-refractivity contribution < 1.29 is 14.6 Å². The predicted octanol–water partition coefficient (Wildman–Crippen LogP) is 5.84. The minimum absolute atomic E-state index is 0.0748. The number of aliphatic hydroxyl groups is 1. The highest BCUT2D eigenvalue weighted by Gasteiger charge is 2.22. The molecule has 0 aliphatic carbocycles. The van der Waals surface area contributed by atoms with Gasteiger partial charge in [-0.1, -0.05) is 44.5 Å². The van der Waals surface area contributed by atoms with Crippen molar-refractivity contribution in [3.63, 3.8) is 0 Å². The van der Waals surface area contributed by atoms with Gasteiger partial charge in [0, 0.05) is 28.9 Å². The Balaban J connectivity index is 1.76. The fraction of sp³-hybridized carbons (Fsp3) is 0.217. The van der Waals surface area contributed by atoms with Crippen LogP contribution in [0.3, 0.4) is 0 Å². The molecule has 0 aliphatic heterocycles. The van der Waals surface area contributed by atoms with Crippen LogP contribution in [-0.4, -0.2) is 15.9 Å². The van der Waals surface area contributed by atoms with Crippen molar-refractivity contribution in [3.8, 4) is 11.5 Å². The number of hydrogen-bond donors (Lipinski definition) is 1. The van der Waals surface area contributed by atoms with Crippen LogP contribution in [0.15, 0.2) is 67.0 Å². The highest BCUT2D eigenvalue weighted by atomic mass is 35.5. The molecule has 0 spiro atoms. The number of nitrogens with zero attached hydrogens (tertiary/aromatic N) is 1. The zero-order chi connectivity index (χ0) is 20.3. The summed E-state index contributed by atoms with van der Waals surface area (Å²) in [6, 6.07) is 15.7. The van der Waals surface area contributed by atoms with E-state index in [9.17, 15) is 9.90 Å². The number of ether oxygens (including phenoxy) is 1. The summed E-state index contributed by atoms with van der Waals surface area (Å²) in [7, 11) is 0. The molecule has 1 atom stereocenters. The van der Waals surface area contributed by atoms with Crippen LogP contribution in [0.25, 0.3) is 0 Å². The molecule has 0 saturated carbocycles. The Kier molecular flexibility index (Phi) is 5.82. The Bertz CT molecular complexity index is 963. The van der Waals surface area contributed by atoms with Crippen molar-refractivity contribution in [1.29, 1.82) is 0 Å². The first-order valence-electron chi connectivity index (χ1n) is 8.96. The average molecular weight is 396 g/mol. The molecule has 28 heavy (non-hydrogen) atoms. The van der Waals surface area contributed by atoms with Gasteiger partial charge in [0.05, 0.1) is 5.02 Å². The summed E-state index contributed by atoms with van der Waals surface area (Å²) in [4.78, 5) is 16.3. The summed E-state index contributed by atoms with van der Waals surface area (Å²) < 4.78 is 5.83. The topological polar surface area (TPSA) is 59.4 Å². The number of ketones is 1. The number of Topliss-reactive ketones (excluding diaryl/α,β-unsaturated/α-hetero) is 1. The first kappa shape index (κ1) is 20.1. The molecular weight excluding hydrogens is 374 g/mol. The molecule has 0 saturated heterocycles. The van der Waals surface area contributed by atoms with Crippen molar-refractivity contribution in [2.75, 3.05) is 0 Å². The fourth-order valence-electron chi connectivity index (χ4n) is 2.73. The maximum atomic E-state index is 12.3. The van der Waals surface area contributed by atoms with E-state index in [1.54, 1.807) is 67.0 Å². The molecule has 0 radical (unpaired) electrons. The number of aromatic nitrogens is 1. The van der Waals surface area contributed by atoms with Crippen LogP contribution in [0.5, 0.6) is 11.5 Å². The number of hydrogen-bond acceptors (Lipinski definition) is 4. The first-order chi connectivity index (χ1) is 13.3. The molecule has 3 rings (SSSR count). The lowest BCUT2D eigenvalue weighted by Gasteiger charge is -2.17. The van der Waals surface area contributed by atoms with Gasteiger partial charge < -0.3 is 9.84 Å². The molecule has 1 heterocycles. The minimum Gasteiger partial charge on any atom is -0.456 e. The Morgan fingerprint density at radius 3 is 2.36 bits per heavy atom. The Hall–Kier alpha value is -2.69. The number of carbonyl (C=O) groups is 1. The van der Waals surface area contributed by atoms with Crippen LogP contribution in [0.1, 0.15) is 48.4 Å². The van der Waals surface area contributed by atoms with Crippen LogP contribution in [0.4, 0.5) is 0 Å². The summed E-state index contributed by atoms with van der Waals surface area (Å²) in [5, 5.41) is 10.9. The number of aliphatic hydroxyl groups excluding tert-OH is 1. The smallest absolute Gasteiger partial charge is 0.168 e. The highest BCUT2D eigenvalue weighted by molar-refractivity contribution is 6.32. The van der Waals surface area contributed by atoms with Gasteiger partial charge in [-0.2, -0.15) is 0 Å². The van der Waals surface area contributed by atoms with E-state index in [1.165, 1.54) is 0 Å². The summed E-state index contributed by atoms with van der Waals surface area (Å²) in [6.45, 7) is 5.67. The molecule has 1 aromatic heterocycles. The van der Waals surface area contributed by atoms with Crippen LogP contribution >= 0.6 is 11.6 Å². The second-order valence-electron chi connectivity index (χ2n) is 7.58. The molecule has 1 unspecified atom stereocenters. The Morgan fingerprint density at radius 2 is 1.79 bits per heavy atom. The maximum Gasteiger partial charge on any atom is 0.168 e. The van der Waals surface area contributed by atoms with Crippen molar-refractivity contribution in [3.05, 3.63) is 88.7 Å². The number of rotatable bonds is 5. The zero-order valence-electron chi connectivity index (χ0n) is 16.0. The van der Waals surface area contributed by atoms with Crippen LogP contribution in [-0.2, 0) is 0 Å². The average Bonchev–Trinajstić information content (AvgIpc) is 2.69. The molecule has 0 amide bonds. The van der Waals surface area contributed by atoms with Gasteiger partial charge in [-0.05, 0) is 48.0 Å². The van der Waals surface area contributed by atoms with Gasteiger partial charge in [-0.15, -0.1) is 0 Å². The minimum atomic E-state index is -0.817. The lowest BCUT2D eigenvalue weighted by atomic mass is 9.86. The van der Waals surface area contributed by atoms with Crippen molar-refractivity contribution in [1.82, 2.24) is 4.98 Å². The number of halogens is 1. The van der Waals surface area contributed by atoms with E-state index in [4.69, 9.17) is 16.3 Å². The molecule has 4 nitrogen and oxygen atoms in total. The van der Waals surface area contributed by atoms with E-state index in [0.29, 0.717) is 33.2 Å². The summed E-state index contributed by atoms with van der Waals surface area (Å²) in [6.07, 6.45) is 2.45. The fourth-order valence-corrected chi connectivity index (χ4v) is 2.96. The predicted molar refractivity (Wildman–Crippen MR) is 110 cm³/mol. The zero-order valence-corrected chi connectivity index (χ0v) is 16.8. The van der Waals surface area contributed by atoms with E-state index >= 15 is 0 Å². The molecule has 0 aliphatic rings. The van der Waals surface area contributed by atoms with Crippen molar-refractivity contribution >= 4 is 17.4 Å². The normalized spacial score (nSPS) is 12.5. The van der Waals surface area contributed by atoms with Crippen molar-refractivity contribution in [2.24, 2.45) is 5.41 Å². The molecule has 144 valence electrons. The quantitative estimate of drug-likeness (QED) is 0.551. The standard InChI is InChI=1S/C23H22ClNO3/c1-23(2,3)22(27)15-6-9-18(10-7-15)28-20-11-8-16(13-19(20)24)21(26)17-5-4-12-25-14-17/h4-14,21,26H,1-3H3. The molecule has 1 N–H and O–H groups in total. The van der Waals surface area contributed by atoms with Crippen LogP contribution in [0, 0.1) is 5.41 Å². The Morgan fingerprint density at radius 1 is 1.07 bits per heavy atom. The molecule has 2 aromatic carbocycles. The number of pyridine rings is 1. The second-order valence-corrected chi connectivity index (χ2v) is 7.99. The van der Waals surface area contributed by atoms with Gasteiger partial charge in [0.1, 0.15) is 17.6 Å². The Labute approximate surface area is 169 Å². The number of benzene rings is 2. The molecule has 5 heteroatoms. The van der Waals surface area contributed by atoms with Crippen molar-refractivity contribution in [2.45, 2.75) is 26.9 Å². The van der Waals surface area contributed by atoms with Crippen LogP contribution in [0.2, 0.25) is 5.02 Å². The summed E-state index contributed by atoms with van der Waals surface area (Å²) >= 11 is 6.35. The largest absolute Gasteiger partial charge is 0.456 e. The molecule has 3 aromatic rings. The molecule has 0 bridgehead atoms. The van der Waals surface area contributed by atoms with Gasteiger partial charge in [0.15, 0.2) is 5.78 Å². The monoisotopic (exact) mass is 395 g/mol. The molecular formula is C23H22ClNO3. The van der Waals surface area contributed by atoms with E-state index < -0.39 is 11.5 Å². The maximum absolute atomic E-state index is 12.3. The van der Waals surface area contributed by atoms with E-state index in [-0.39, 0.29) is 5.78 Å². The van der Waals surface area contributed by atoms with Gasteiger partial charge >= 0.3 is 0 Å². The van der Waals surface area contributed by atoms with Gasteiger partial charge in [0.2, 0.25) is 0 Å². The lowest BCUT2D eigenvalue weighted by molar-refractivity contribution is 0.0858. The second kappa shape index (κ2) is 8.13. The SMILES string of the molecule is CC(C)(C)C(=O)c1ccc(Oc2ccc(C(O)c3cccnc3)cc2Cl)cc1. The third-order valence-electron chi connectivity index (χ3n) is 4.30.